The van der Waals surface area contributed by atoms with Gasteiger partial charge in [0.2, 0.25) is 5.91 Å². The second-order valence-corrected chi connectivity index (χ2v) is 15.8. The van der Waals surface area contributed by atoms with Crippen molar-refractivity contribution in [1.82, 2.24) is 5.32 Å². The van der Waals surface area contributed by atoms with E-state index < -0.39 is 18.2 Å². The van der Waals surface area contributed by atoms with E-state index in [1.165, 1.54) is 109 Å². The van der Waals surface area contributed by atoms with Gasteiger partial charge in [0, 0.05) is 6.42 Å². The molecule has 0 aromatic rings. The van der Waals surface area contributed by atoms with Crippen LogP contribution in [0.3, 0.4) is 0 Å². The van der Waals surface area contributed by atoms with Crippen LogP contribution in [0.1, 0.15) is 233 Å². The third-order valence-electron chi connectivity index (χ3n) is 10.5. The summed E-state index contributed by atoms with van der Waals surface area (Å²) < 4.78 is 5.89. The monoisotopic (exact) mass is 760 g/mol. The molecule has 316 valence electrons. The van der Waals surface area contributed by atoms with Crippen molar-refractivity contribution in [3.05, 3.63) is 36.5 Å². The Morgan fingerprint density at radius 1 is 0.556 bits per heavy atom. The maximum atomic E-state index is 13.1. The number of unbranched alkanes of at least 4 members (excludes halogenated alkanes) is 23. The van der Waals surface area contributed by atoms with Crippen molar-refractivity contribution in [3.8, 4) is 0 Å². The summed E-state index contributed by atoms with van der Waals surface area (Å²) in [6.45, 7) is 6.33. The fourth-order valence-electron chi connectivity index (χ4n) is 6.97. The van der Waals surface area contributed by atoms with E-state index in [1.54, 1.807) is 0 Å². The fraction of sp³-hybridized carbons (Fsp3) is 0.833. The first-order valence-corrected chi connectivity index (χ1v) is 23.2. The van der Waals surface area contributed by atoms with Crippen LogP contribution < -0.4 is 5.32 Å². The van der Waals surface area contributed by atoms with Crippen LogP contribution in [-0.4, -0.2) is 46.9 Å². The summed E-state index contributed by atoms with van der Waals surface area (Å²) in [5.41, 5.74) is 0. The lowest BCUT2D eigenvalue weighted by atomic mass is 10.0. The van der Waals surface area contributed by atoms with Gasteiger partial charge < -0.3 is 20.3 Å². The molecule has 0 aliphatic rings. The van der Waals surface area contributed by atoms with Crippen molar-refractivity contribution in [1.29, 1.82) is 0 Å². The van der Waals surface area contributed by atoms with Gasteiger partial charge in [0.05, 0.1) is 25.2 Å². The molecule has 6 nitrogen and oxygen atoms in total. The predicted octanol–water partition coefficient (Wildman–Crippen LogP) is 13.3. The molecule has 0 bridgehead atoms. The highest BCUT2D eigenvalue weighted by molar-refractivity contribution is 5.77. The van der Waals surface area contributed by atoms with Crippen LogP contribution in [0.2, 0.25) is 0 Å². The summed E-state index contributed by atoms with van der Waals surface area (Å²) in [5, 5.41) is 23.6. The molecule has 3 atom stereocenters. The van der Waals surface area contributed by atoms with Gasteiger partial charge in [-0.3, -0.25) is 9.59 Å². The van der Waals surface area contributed by atoms with Crippen LogP contribution in [-0.2, 0) is 14.3 Å². The molecule has 0 saturated carbocycles. The van der Waals surface area contributed by atoms with E-state index in [0.29, 0.717) is 19.3 Å². The molecule has 0 aromatic carbocycles. The van der Waals surface area contributed by atoms with Gasteiger partial charge in [-0.05, 0) is 57.8 Å². The van der Waals surface area contributed by atoms with Crippen molar-refractivity contribution < 1.29 is 24.5 Å². The molecule has 0 rings (SSSR count). The lowest BCUT2D eigenvalue weighted by molar-refractivity contribution is -0.151. The average Bonchev–Trinajstić information content (AvgIpc) is 3.16. The highest BCUT2D eigenvalue weighted by Crippen LogP contribution is 2.17. The van der Waals surface area contributed by atoms with Crippen LogP contribution in [0.5, 0.6) is 0 Å². The largest absolute Gasteiger partial charge is 0.462 e. The zero-order valence-electron chi connectivity index (χ0n) is 35.9. The molecular weight excluding hydrogens is 671 g/mol. The van der Waals surface area contributed by atoms with Crippen molar-refractivity contribution >= 4 is 11.9 Å². The smallest absolute Gasteiger partial charge is 0.306 e. The van der Waals surface area contributed by atoms with E-state index in [-0.39, 0.29) is 24.9 Å². The second kappa shape index (κ2) is 42.2. The normalized spacial score (nSPS) is 13.6. The molecule has 0 spiro atoms. The van der Waals surface area contributed by atoms with Crippen molar-refractivity contribution in [2.75, 3.05) is 6.61 Å². The van der Waals surface area contributed by atoms with Gasteiger partial charge in [0.1, 0.15) is 6.10 Å². The Balaban J connectivity index is 4.62. The number of hydrogen-bond acceptors (Lipinski definition) is 5. The van der Waals surface area contributed by atoms with E-state index in [9.17, 15) is 19.8 Å². The van der Waals surface area contributed by atoms with Crippen LogP contribution >= 0.6 is 0 Å². The molecule has 3 N–H and O–H groups in total. The Bertz CT molecular complexity index is 900. The van der Waals surface area contributed by atoms with Gasteiger partial charge in [0.25, 0.3) is 0 Å². The Kier molecular flexibility index (Phi) is 40.7. The average molecular weight is 760 g/mol. The molecule has 0 aliphatic heterocycles. The Morgan fingerprint density at radius 3 is 1.50 bits per heavy atom. The first-order chi connectivity index (χ1) is 26.5. The number of aliphatic hydroxyl groups is 2. The molecule has 0 aliphatic carbocycles. The zero-order chi connectivity index (χ0) is 39.6. The summed E-state index contributed by atoms with van der Waals surface area (Å²) in [6, 6.07) is -0.708. The second-order valence-electron chi connectivity index (χ2n) is 15.8. The lowest BCUT2D eigenvalue weighted by Gasteiger charge is -2.24. The number of nitrogens with one attached hydrogen (secondary N) is 1. The number of carbonyl (C=O) groups is 2. The van der Waals surface area contributed by atoms with Crippen molar-refractivity contribution in [2.24, 2.45) is 0 Å². The molecule has 0 fully saturated rings. The number of carbonyl (C=O) groups excluding carboxylic acids is 2. The molecular formula is C48H89NO5. The van der Waals surface area contributed by atoms with Gasteiger partial charge >= 0.3 is 5.97 Å². The molecule has 1 amide bonds. The number of esters is 1. The summed E-state index contributed by atoms with van der Waals surface area (Å²) in [4.78, 5) is 26.0. The van der Waals surface area contributed by atoms with Gasteiger partial charge in [0.15, 0.2) is 0 Å². The van der Waals surface area contributed by atoms with Gasteiger partial charge in [-0.25, -0.2) is 0 Å². The lowest BCUT2D eigenvalue weighted by Crippen LogP contribution is -2.46. The standard InChI is InChI=1S/C48H89NO5/c1-4-7-10-13-16-19-21-23-24-26-29-32-35-38-41-48(53)54-44(39-36-33-30-28-25-22-20-17-14-11-8-5-2)42-47(52)49-45(43-50)46(51)40-37-34-31-27-18-15-12-9-6-3/h8,11,17,20,25,28,44-46,50-51H,4-7,9-10,12-16,18-19,21-24,26-27,29-43H2,1-3H3,(H,49,52)/b11-8+,20-17+,28-25+. The van der Waals surface area contributed by atoms with Crippen LogP contribution in [0, 0.1) is 0 Å². The molecule has 0 heterocycles. The molecule has 6 heteroatoms. The maximum Gasteiger partial charge on any atom is 0.306 e. The zero-order valence-corrected chi connectivity index (χ0v) is 35.9. The van der Waals surface area contributed by atoms with E-state index >= 15 is 0 Å². The van der Waals surface area contributed by atoms with Crippen LogP contribution in [0.15, 0.2) is 36.5 Å². The Hall–Kier alpha value is -1.92. The van der Waals surface area contributed by atoms with Crippen molar-refractivity contribution in [2.45, 2.75) is 251 Å². The van der Waals surface area contributed by atoms with E-state index in [2.05, 4.69) is 62.5 Å². The van der Waals surface area contributed by atoms with Crippen LogP contribution in [0.25, 0.3) is 0 Å². The number of hydrogen-bond donors (Lipinski definition) is 3. The maximum absolute atomic E-state index is 13.1. The Morgan fingerprint density at radius 2 is 1.00 bits per heavy atom. The molecule has 0 aromatic heterocycles. The molecule has 0 saturated heterocycles. The minimum atomic E-state index is -0.792. The third-order valence-corrected chi connectivity index (χ3v) is 10.5. The highest BCUT2D eigenvalue weighted by Gasteiger charge is 2.24. The van der Waals surface area contributed by atoms with E-state index in [0.717, 1.165) is 77.0 Å². The summed E-state index contributed by atoms with van der Waals surface area (Å²) >= 11 is 0. The van der Waals surface area contributed by atoms with E-state index in [1.807, 2.05) is 0 Å². The quantitative estimate of drug-likeness (QED) is 0.0328. The fourth-order valence-corrected chi connectivity index (χ4v) is 6.97. The SMILES string of the molecule is CC/C=C/C/C=C/C/C=C/CCCCC(CC(=O)NC(CO)C(O)CCCCCCCCCCC)OC(=O)CCCCCCCCCCCCCCCC. The number of rotatable bonds is 41. The third kappa shape index (κ3) is 37.0. The van der Waals surface area contributed by atoms with Gasteiger partial charge in [-0.2, -0.15) is 0 Å². The molecule has 54 heavy (non-hydrogen) atoms. The number of aliphatic hydroxyl groups excluding tert-OH is 2. The minimum Gasteiger partial charge on any atom is -0.462 e. The summed E-state index contributed by atoms with van der Waals surface area (Å²) in [5.74, 6) is -0.508. The number of amides is 1. The Labute approximate surface area is 334 Å². The highest BCUT2D eigenvalue weighted by atomic mass is 16.5. The predicted molar refractivity (Wildman–Crippen MR) is 232 cm³/mol. The van der Waals surface area contributed by atoms with Crippen LogP contribution in [0.4, 0.5) is 0 Å². The summed E-state index contributed by atoms with van der Waals surface area (Å²) in [7, 11) is 0. The van der Waals surface area contributed by atoms with Gasteiger partial charge in [-0.15, -0.1) is 0 Å². The van der Waals surface area contributed by atoms with Gasteiger partial charge in [-0.1, -0.05) is 198 Å². The topological polar surface area (TPSA) is 95.9 Å². The first kappa shape index (κ1) is 52.1. The number of ether oxygens (including phenoxy) is 1. The summed E-state index contributed by atoms with van der Waals surface area (Å²) in [6.07, 6.45) is 47.8. The molecule has 3 unspecified atom stereocenters. The molecule has 0 radical (unpaired) electrons. The number of allylic oxidation sites excluding steroid dienone is 6. The minimum absolute atomic E-state index is 0.0544. The van der Waals surface area contributed by atoms with Crippen molar-refractivity contribution in [3.63, 3.8) is 0 Å². The first-order valence-electron chi connectivity index (χ1n) is 23.2. The van der Waals surface area contributed by atoms with E-state index in [4.69, 9.17) is 4.74 Å².